The summed E-state index contributed by atoms with van der Waals surface area (Å²) >= 11 is 2.63. The monoisotopic (exact) mass is 465 g/mol. The molecule has 0 atom stereocenters. The number of carbonyl (C=O) groups is 2. The highest BCUT2D eigenvalue weighted by atomic mass is 32.2. The van der Waals surface area contributed by atoms with Crippen LogP contribution in [0.4, 0.5) is 4.79 Å². The van der Waals surface area contributed by atoms with E-state index in [-0.39, 0.29) is 11.4 Å². The lowest BCUT2D eigenvalue weighted by Crippen LogP contribution is -2.40. The summed E-state index contributed by atoms with van der Waals surface area (Å²) in [4.78, 5) is 36.6. The van der Waals surface area contributed by atoms with Crippen LogP contribution in [0.1, 0.15) is 11.8 Å². The van der Waals surface area contributed by atoms with E-state index in [0.717, 1.165) is 11.0 Å². The van der Waals surface area contributed by atoms with Gasteiger partial charge >= 0.3 is 6.03 Å². The molecule has 3 N–H and O–H groups in total. The molecule has 0 fully saturated rings. The molecule has 4 aromatic rings. The number of imide groups is 1. The molecule has 2 aromatic carbocycles. The summed E-state index contributed by atoms with van der Waals surface area (Å²) in [7, 11) is 0. The Balaban J connectivity index is 1.42. The number of benzene rings is 2. The molecule has 5 rings (SSSR count). The third-order valence-electron chi connectivity index (χ3n) is 4.46. The number of para-hydroxylation sites is 4. The molecule has 0 bridgehead atoms. The largest absolute Gasteiger partial charge is 0.440 e. The van der Waals surface area contributed by atoms with Crippen molar-refractivity contribution in [1.82, 2.24) is 15.3 Å². The topological polar surface area (TPSA) is 137 Å². The Labute approximate surface area is 189 Å². The van der Waals surface area contributed by atoms with Crippen LogP contribution < -0.4 is 11.1 Å². The molecule has 1 aliphatic heterocycles. The van der Waals surface area contributed by atoms with Gasteiger partial charge in [0.25, 0.3) is 5.91 Å². The van der Waals surface area contributed by atoms with E-state index in [2.05, 4.69) is 20.3 Å². The Bertz CT molecular complexity index is 1280. The summed E-state index contributed by atoms with van der Waals surface area (Å²) < 4.78 is 12.1. The molecule has 0 unspecified atom stereocenters. The standard InChI is InChI=1S/C21H15N5O4S2/c22-18-17(19(27)26-21(28)25-18)20(31-9-15-23-11-5-1-3-7-13(11)29-15)32-10-16-24-12-6-2-4-8-14(12)30-16/h1-8H,9-10H2,(H3,22,25,26,27,28). The number of rotatable bonds is 6. The van der Waals surface area contributed by atoms with Gasteiger partial charge in [-0.25, -0.2) is 14.8 Å². The predicted octanol–water partition coefficient (Wildman–Crippen LogP) is 3.95. The lowest BCUT2D eigenvalue weighted by molar-refractivity contribution is -0.116. The Kier molecular flexibility index (Phi) is 5.41. The summed E-state index contributed by atoms with van der Waals surface area (Å²) in [5.41, 5.74) is 8.91. The van der Waals surface area contributed by atoms with Gasteiger partial charge in [0.1, 0.15) is 22.4 Å². The molecule has 0 aliphatic carbocycles. The number of amidine groups is 1. The molecule has 0 spiro atoms. The highest BCUT2D eigenvalue weighted by Crippen LogP contribution is 2.37. The number of hydrogen-bond donors (Lipinski definition) is 2. The van der Waals surface area contributed by atoms with E-state index in [0.29, 0.717) is 38.7 Å². The molecular weight excluding hydrogens is 450 g/mol. The zero-order valence-electron chi connectivity index (χ0n) is 16.4. The first-order valence-electron chi connectivity index (χ1n) is 9.45. The first-order valence-corrected chi connectivity index (χ1v) is 11.4. The third kappa shape index (κ3) is 4.12. The van der Waals surface area contributed by atoms with Gasteiger partial charge in [-0.3, -0.25) is 10.1 Å². The van der Waals surface area contributed by atoms with Crippen molar-refractivity contribution in [2.75, 3.05) is 0 Å². The number of aliphatic imine (C=N–C) groups is 1. The number of fused-ring (bicyclic) bond motifs is 2. The average molecular weight is 466 g/mol. The van der Waals surface area contributed by atoms with E-state index >= 15 is 0 Å². The van der Waals surface area contributed by atoms with Crippen molar-refractivity contribution < 1.29 is 18.4 Å². The molecule has 32 heavy (non-hydrogen) atoms. The van der Waals surface area contributed by atoms with Crippen LogP contribution >= 0.6 is 23.5 Å². The zero-order valence-corrected chi connectivity index (χ0v) is 18.0. The van der Waals surface area contributed by atoms with Gasteiger partial charge in [0.15, 0.2) is 11.2 Å². The van der Waals surface area contributed by atoms with E-state index in [4.69, 9.17) is 14.6 Å². The van der Waals surface area contributed by atoms with E-state index in [9.17, 15) is 9.59 Å². The number of amides is 3. The lowest BCUT2D eigenvalue weighted by Gasteiger charge is -2.15. The molecule has 3 heterocycles. The van der Waals surface area contributed by atoms with Crippen LogP contribution in [0.2, 0.25) is 0 Å². The van der Waals surface area contributed by atoms with Crippen molar-refractivity contribution in [3.63, 3.8) is 0 Å². The lowest BCUT2D eigenvalue weighted by atomic mass is 10.2. The fraction of sp³-hybridized carbons (Fsp3) is 0.0952. The minimum absolute atomic E-state index is 0.131. The van der Waals surface area contributed by atoms with Crippen molar-refractivity contribution in [3.8, 4) is 0 Å². The minimum Gasteiger partial charge on any atom is -0.440 e. The number of oxazole rings is 2. The first-order chi connectivity index (χ1) is 15.6. The van der Waals surface area contributed by atoms with Crippen molar-refractivity contribution in [2.45, 2.75) is 11.5 Å². The second kappa shape index (κ2) is 8.52. The van der Waals surface area contributed by atoms with E-state index in [1.165, 1.54) is 23.5 Å². The summed E-state index contributed by atoms with van der Waals surface area (Å²) in [5, 5.41) is 2.17. The summed E-state index contributed by atoms with van der Waals surface area (Å²) in [5.74, 6) is 0.959. The maximum Gasteiger partial charge on any atom is 0.349 e. The van der Waals surface area contributed by atoms with Crippen LogP contribution in [0.5, 0.6) is 0 Å². The molecule has 11 heteroatoms. The highest BCUT2D eigenvalue weighted by molar-refractivity contribution is 8.21. The van der Waals surface area contributed by atoms with Crippen LogP contribution in [0.25, 0.3) is 22.2 Å². The molecule has 160 valence electrons. The summed E-state index contributed by atoms with van der Waals surface area (Å²) in [6.45, 7) is 0. The molecule has 0 radical (unpaired) electrons. The molecule has 2 aromatic heterocycles. The number of hydrogen-bond acceptors (Lipinski definition) is 9. The van der Waals surface area contributed by atoms with Crippen LogP contribution in [0, 0.1) is 0 Å². The quantitative estimate of drug-likeness (QED) is 0.405. The minimum atomic E-state index is -0.788. The zero-order chi connectivity index (χ0) is 22.1. The fourth-order valence-electron chi connectivity index (χ4n) is 3.07. The van der Waals surface area contributed by atoms with Gasteiger partial charge in [0.05, 0.1) is 15.7 Å². The summed E-state index contributed by atoms with van der Waals surface area (Å²) in [6, 6.07) is 14.1. The Hall–Kier alpha value is -3.57. The van der Waals surface area contributed by atoms with Crippen molar-refractivity contribution in [2.24, 2.45) is 10.7 Å². The van der Waals surface area contributed by atoms with Crippen LogP contribution in [-0.4, -0.2) is 27.7 Å². The smallest absolute Gasteiger partial charge is 0.349 e. The van der Waals surface area contributed by atoms with Gasteiger partial charge in [-0.1, -0.05) is 24.3 Å². The molecule has 1 aliphatic rings. The van der Waals surface area contributed by atoms with Crippen molar-refractivity contribution in [3.05, 3.63) is 70.1 Å². The maximum absolute atomic E-state index is 12.5. The fourth-order valence-corrected chi connectivity index (χ4v) is 5.20. The van der Waals surface area contributed by atoms with Crippen molar-refractivity contribution in [1.29, 1.82) is 0 Å². The number of aromatic nitrogens is 2. The van der Waals surface area contributed by atoms with Crippen LogP contribution in [0.3, 0.4) is 0 Å². The molecular formula is C21H15N5O4S2. The number of nitrogens with zero attached hydrogens (tertiary/aromatic N) is 3. The second-order valence-corrected chi connectivity index (χ2v) is 8.88. The third-order valence-corrected chi connectivity index (χ3v) is 6.88. The molecule has 0 saturated carbocycles. The average Bonchev–Trinajstić information content (AvgIpc) is 3.37. The predicted molar refractivity (Wildman–Crippen MR) is 123 cm³/mol. The van der Waals surface area contributed by atoms with Crippen LogP contribution in [0.15, 0.2) is 72.2 Å². The van der Waals surface area contributed by atoms with Gasteiger partial charge in [0.2, 0.25) is 11.8 Å². The number of thioether (sulfide) groups is 2. The van der Waals surface area contributed by atoms with E-state index in [1.807, 2.05) is 48.5 Å². The number of carbonyl (C=O) groups excluding carboxylic acids is 2. The van der Waals surface area contributed by atoms with Crippen LogP contribution in [-0.2, 0) is 16.3 Å². The number of nitrogens with two attached hydrogens (primary N) is 1. The van der Waals surface area contributed by atoms with E-state index in [1.54, 1.807) is 0 Å². The maximum atomic E-state index is 12.5. The van der Waals surface area contributed by atoms with E-state index < -0.39 is 11.9 Å². The normalized spacial score (nSPS) is 14.1. The molecule has 0 saturated heterocycles. The van der Waals surface area contributed by atoms with Gasteiger partial charge in [-0.05, 0) is 24.3 Å². The first kappa shape index (κ1) is 20.3. The van der Waals surface area contributed by atoms with Gasteiger partial charge < -0.3 is 14.6 Å². The number of nitrogens with one attached hydrogen (secondary N) is 1. The van der Waals surface area contributed by atoms with Crippen molar-refractivity contribution >= 4 is 63.5 Å². The molecule has 9 nitrogen and oxygen atoms in total. The highest BCUT2D eigenvalue weighted by Gasteiger charge is 2.27. The second-order valence-electron chi connectivity index (χ2n) is 6.65. The van der Waals surface area contributed by atoms with Gasteiger partial charge in [0, 0.05) is 0 Å². The van der Waals surface area contributed by atoms with Gasteiger partial charge in [-0.15, -0.1) is 23.5 Å². The Morgan fingerprint density at radius 2 is 1.41 bits per heavy atom. The Morgan fingerprint density at radius 3 is 1.91 bits per heavy atom. The number of urea groups is 1. The van der Waals surface area contributed by atoms with Gasteiger partial charge in [-0.2, -0.15) is 4.99 Å². The SMILES string of the molecule is NC1=NC(=O)NC(=O)C1=C(SCc1nc2ccccc2o1)SCc1nc2ccccc2o1. The Morgan fingerprint density at radius 1 is 0.875 bits per heavy atom. The summed E-state index contributed by atoms with van der Waals surface area (Å²) in [6.07, 6.45) is 0. The molecule has 3 amide bonds.